The molecular weight excluding hydrogens is 352 g/mol. The maximum atomic E-state index is 12.8. The molecule has 2 aromatic rings. The van der Waals surface area contributed by atoms with Crippen molar-refractivity contribution in [2.75, 3.05) is 5.73 Å². The molecule has 0 aliphatic rings. The first-order valence-electron chi connectivity index (χ1n) is 5.17. The Morgan fingerprint density at radius 3 is 2.10 bits per heavy atom. The van der Waals surface area contributed by atoms with Gasteiger partial charge >= 0.3 is 6.18 Å². The highest BCUT2D eigenvalue weighted by Gasteiger charge is 2.39. The van der Waals surface area contributed by atoms with Crippen LogP contribution in [0.2, 0.25) is 15.1 Å². The summed E-state index contributed by atoms with van der Waals surface area (Å²) in [6, 6.07) is 3.91. The Labute approximate surface area is 131 Å². The Morgan fingerprint density at radius 2 is 1.71 bits per heavy atom. The second-order valence-electron chi connectivity index (χ2n) is 3.85. The van der Waals surface area contributed by atoms with Crippen molar-refractivity contribution in [2.24, 2.45) is 0 Å². The van der Waals surface area contributed by atoms with Crippen molar-refractivity contribution in [3.05, 3.63) is 38.5 Å². The minimum absolute atomic E-state index is 0.0556. The van der Waals surface area contributed by atoms with Crippen molar-refractivity contribution < 1.29 is 13.2 Å². The maximum Gasteiger partial charge on any atom is 0.436 e. The number of alkyl halides is 3. The molecule has 0 aliphatic heterocycles. The van der Waals surface area contributed by atoms with Crippen LogP contribution in [0.25, 0.3) is 5.69 Å². The number of nitrogens with two attached hydrogens (primary N) is 1. The van der Waals surface area contributed by atoms with E-state index in [1.54, 1.807) is 0 Å². The molecule has 0 aliphatic carbocycles. The average molecular weight is 356 g/mol. The summed E-state index contributed by atoms with van der Waals surface area (Å²) in [6.45, 7) is 0. The molecule has 0 unspecified atom stereocenters. The summed E-state index contributed by atoms with van der Waals surface area (Å²) in [4.78, 5) is 0. The smallest absolute Gasteiger partial charge is 0.382 e. The van der Waals surface area contributed by atoms with Crippen LogP contribution in [0.3, 0.4) is 0 Å². The molecule has 4 nitrogen and oxygen atoms in total. The first kappa shape index (κ1) is 15.8. The summed E-state index contributed by atoms with van der Waals surface area (Å²) in [6.07, 6.45) is -4.84. The number of hydrogen-bond acceptors (Lipinski definition) is 3. The predicted molar refractivity (Wildman–Crippen MR) is 72.7 cm³/mol. The van der Waals surface area contributed by atoms with Crippen LogP contribution >= 0.6 is 34.8 Å². The molecule has 2 rings (SSSR count). The van der Waals surface area contributed by atoms with Crippen molar-refractivity contribution >= 4 is 40.6 Å². The zero-order valence-electron chi connectivity index (χ0n) is 9.84. The molecule has 0 radical (unpaired) electrons. The normalized spacial score (nSPS) is 11.5. The topological polar surface area (TPSA) is 67.6 Å². The minimum atomic E-state index is -4.84. The monoisotopic (exact) mass is 354 g/mol. The van der Waals surface area contributed by atoms with Gasteiger partial charge in [-0.2, -0.15) is 23.5 Å². The lowest BCUT2D eigenvalue weighted by atomic mass is 10.2. The van der Waals surface area contributed by atoms with Crippen molar-refractivity contribution in [2.45, 2.75) is 6.18 Å². The van der Waals surface area contributed by atoms with Gasteiger partial charge in [0.2, 0.25) is 0 Å². The number of anilines is 1. The molecule has 2 N–H and O–H groups in total. The number of nitriles is 1. The minimum Gasteiger partial charge on any atom is -0.382 e. The standard InChI is InChI=1S/C11H4Cl3F3N4/c12-4-1-6(13)8(7(14)2-4)21-10(19)5(3-18)9(20-21)11(15,16)17/h1-2H,19H2. The third kappa shape index (κ3) is 2.75. The van der Waals surface area contributed by atoms with Crippen LogP contribution in [0.15, 0.2) is 12.1 Å². The van der Waals surface area contributed by atoms with Crippen LogP contribution in [0.1, 0.15) is 11.3 Å². The summed E-state index contributed by atoms with van der Waals surface area (Å²) in [7, 11) is 0. The van der Waals surface area contributed by atoms with Gasteiger partial charge in [0.25, 0.3) is 0 Å². The molecule has 0 amide bonds. The van der Waals surface area contributed by atoms with E-state index in [1.165, 1.54) is 18.2 Å². The van der Waals surface area contributed by atoms with Crippen LogP contribution in [-0.4, -0.2) is 9.78 Å². The number of nitrogen functional groups attached to an aromatic ring is 1. The molecule has 0 bridgehead atoms. The fourth-order valence-electron chi connectivity index (χ4n) is 1.65. The van der Waals surface area contributed by atoms with Gasteiger partial charge in [-0.05, 0) is 12.1 Å². The predicted octanol–water partition coefficient (Wildman–Crippen LogP) is 4.31. The Hall–Kier alpha value is -1.62. The number of aromatic nitrogens is 2. The molecule has 0 saturated carbocycles. The third-order valence-electron chi connectivity index (χ3n) is 2.49. The number of nitrogens with zero attached hydrogens (tertiary/aromatic N) is 3. The maximum absolute atomic E-state index is 12.8. The van der Waals surface area contributed by atoms with E-state index in [0.717, 1.165) is 0 Å². The van der Waals surface area contributed by atoms with Crippen LogP contribution in [0.5, 0.6) is 0 Å². The molecule has 10 heteroatoms. The highest BCUT2D eigenvalue weighted by Crippen LogP contribution is 2.38. The molecule has 0 saturated heterocycles. The van der Waals surface area contributed by atoms with E-state index in [0.29, 0.717) is 4.68 Å². The summed E-state index contributed by atoms with van der Waals surface area (Å²) in [5.74, 6) is -0.518. The highest BCUT2D eigenvalue weighted by atomic mass is 35.5. The van der Waals surface area contributed by atoms with Crippen LogP contribution < -0.4 is 5.73 Å². The fraction of sp³-hybridized carbons (Fsp3) is 0.0909. The first-order chi connectivity index (χ1) is 9.66. The lowest BCUT2D eigenvalue weighted by Crippen LogP contribution is -2.09. The van der Waals surface area contributed by atoms with Gasteiger partial charge in [-0.1, -0.05) is 34.8 Å². The zero-order valence-corrected chi connectivity index (χ0v) is 12.1. The van der Waals surface area contributed by atoms with Gasteiger partial charge in [0, 0.05) is 5.02 Å². The van der Waals surface area contributed by atoms with E-state index in [9.17, 15) is 13.2 Å². The van der Waals surface area contributed by atoms with E-state index in [4.69, 9.17) is 45.8 Å². The molecule has 1 heterocycles. The summed E-state index contributed by atoms with van der Waals surface area (Å²) in [5, 5.41) is 12.2. The third-order valence-corrected chi connectivity index (χ3v) is 3.29. The van der Waals surface area contributed by atoms with Gasteiger partial charge in [0.1, 0.15) is 23.1 Å². The van der Waals surface area contributed by atoms with Gasteiger partial charge in [0.15, 0.2) is 5.69 Å². The van der Waals surface area contributed by atoms with Crippen LogP contribution in [0.4, 0.5) is 19.0 Å². The van der Waals surface area contributed by atoms with Crippen LogP contribution in [0, 0.1) is 11.3 Å². The zero-order chi connectivity index (χ0) is 15.9. The first-order valence-corrected chi connectivity index (χ1v) is 6.31. The Balaban J connectivity index is 2.79. The van der Waals surface area contributed by atoms with Crippen LogP contribution in [-0.2, 0) is 6.18 Å². The van der Waals surface area contributed by atoms with Crippen molar-refractivity contribution in [1.82, 2.24) is 9.78 Å². The van der Waals surface area contributed by atoms with Crippen molar-refractivity contribution in [1.29, 1.82) is 5.26 Å². The summed E-state index contributed by atoms with van der Waals surface area (Å²) >= 11 is 17.5. The van der Waals surface area contributed by atoms with E-state index in [2.05, 4.69) is 5.10 Å². The van der Waals surface area contributed by atoms with Crippen molar-refractivity contribution in [3.8, 4) is 11.8 Å². The second kappa shape index (κ2) is 5.30. The Bertz CT molecular complexity index is 738. The fourth-order valence-corrected chi connectivity index (χ4v) is 2.62. The summed E-state index contributed by atoms with van der Waals surface area (Å²) < 4.78 is 39.2. The second-order valence-corrected chi connectivity index (χ2v) is 5.10. The van der Waals surface area contributed by atoms with E-state index < -0.39 is 23.3 Å². The molecule has 21 heavy (non-hydrogen) atoms. The Morgan fingerprint density at radius 1 is 1.19 bits per heavy atom. The lowest BCUT2D eigenvalue weighted by Gasteiger charge is -2.09. The van der Waals surface area contributed by atoms with E-state index in [1.807, 2.05) is 0 Å². The molecule has 1 aromatic heterocycles. The molecule has 1 aromatic carbocycles. The largest absolute Gasteiger partial charge is 0.436 e. The number of benzene rings is 1. The lowest BCUT2D eigenvalue weighted by molar-refractivity contribution is -0.141. The summed E-state index contributed by atoms with van der Waals surface area (Å²) in [5.41, 5.74) is 3.24. The Kier molecular flexibility index (Phi) is 3.97. The van der Waals surface area contributed by atoms with Crippen molar-refractivity contribution in [3.63, 3.8) is 0 Å². The molecule has 0 spiro atoms. The number of rotatable bonds is 1. The number of halogens is 6. The van der Waals surface area contributed by atoms with Gasteiger partial charge in [-0.3, -0.25) is 0 Å². The molecule has 0 atom stereocenters. The average Bonchev–Trinajstić information content (AvgIpc) is 2.65. The van der Waals surface area contributed by atoms with Gasteiger partial charge in [-0.25, -0.2) is 4.68 Å². The van der Waals surface area contributed by atoms with Gasteiger partial charge in [0.05, 0.1) is 10.0 Å². The quantitative estimate of drug-likeness (QED) is 0.829. The highest BCUT2D eigenvalue weighted by molar-refractivity contribution is 6.40. The van der Waals surface area contributed by atoms with Gasteiger partial charge in [-0.15, -0.1) is 0 Å². The SMILES string of the molecule is N#Cc1c(C(F)(F)F)nn(-c2c(Cl)cc(Cl)cc2Cl)c1N. The van der Waals surface area contributed by atoms with E-state index in [-0.39, 0.29) is 20.8 Å². The molecule has 0 fully saturated rings. The number of hydrogen-bond donors (Lipinski definition) is 1. The molecule has 110 valence electrons. The van der Waals surface area contributed by atoms with Gasteiger partial charge < -0.3 is 5.73 Å². The van der Waals surface area contributed by atoms with E-state index >= 15 is 0 Å². The molecular formula is C11H4Cl3F3N4.